The molecule has 0 fully saturated rings. The van der Waals surface area contributed by atoms with E-state index in [4.69, 9.17) is 14.2 Å². The number of benzene rings is 2. The van der Waals surface area contributed by atoms with E-state index < -0.39 is 41.0 Å². The highest BCUT2D eigenvalue weighted by Gasteiger charge is 2.27. The van der Waals surface area contributed by atoms with Crippen LogP contribution in [0.2, 0.25) is 0 Å². The van der Waals surface area contributed by atoms with Gasteiger partial charge in [-0.3, -0.25) is 14.9 Å². The molecule has 3 rings (SSSR count). The summed E-state index contributed by atoms with van der Waals surface area (Å²) in [7, 11) is 0. The molecule has 0 radical (unpaired) electrons. The zero-order valence-corrected chi connectivity index (χ0v) is 15.3. The first-order valence-corrected chi connectivity index (χ1v) is 8.65. The van der Waals surface area contributed by atoms with Crippen molar-refractivity contribution in [3.63, 3.8) is 0 Å². The Balaban J connectivity index is 1.64. The van der Waals surface area contributed by atoms with Gasteiger partial charge in [-0.15, -0.1) is 0 Å². The summed E-state index contributed by atoms with van der Waals surface area (Å²) in [6.07, 6.45) is 0. The molecule has 0 saturated heterocycles. The van der Waals surface area contributed by atoms with Crippen molar-refractivity contribution in [2.45, 2.75) is 13.0 Å². The van der Waals surface area contributed by atoms with Gasteiger partial charge in [0.25, 0.3) is 11.6 Å². The number of carbonyl (C=O) groups is 2. The van der Waals surface area contributed by atoms with E-state index in [1.54, 1.807) is 6.92 Å². The number of fused-ring (bicyclic) bond motifs is 1. The first-order valence-electron chi connectivity index (χ1n) is 8.65. The average molecular weight is 404 g/mol. The van der Waals surface area contributed by atoms with E-state index in [0.717, 1.165) is 12.1 Å². The lowest BCUT2D eigenvalue weighted by molar-refractivity contribution is -0.385. The summed E-state index contributed by atoms with van der Waals surface area (Å²) in [4.78, 5) is 34.9. The Bertz CT molecular complexity index is 946. The van der Waals surface area contributed by atoms with Crippen LogP contribution in [-0.2, 0) is 9.53 Å². The van der Waals surface area contributed by atoms with Crippen LogP contribution in [0.3, 0.4) is 0 Å². The zero-order chi connectivity index (χ0) is 21.0. The van der Waals surface area contributed by atoms with E-state index in [-0.39, 0.29) is 30.3 Å². The van der Waals surface area contributed by atoms with Gasteiger partial charge >= 0.3 is 5.97 Å². The Labute approximate surface area is 164 Å². The normalized spacial score (nSPS) is 13.3. The number of amides is 1. The third-order valence-electron chi connectivity index (χ3n) is 4.16. The third kappa shape index (κ3) is 4.78. The van der Waals surface area contributed by atoms with Crippen LogP contribution < -0.4 is 14.8 Å². The molecule has 2 aromatic carbocycles. The Morgan fingerprint density at radius 1 is 1.21 bits per heavy atom. The molecule has 10 heteroatoms. The maximum Gasteiger partial charge on any atom is 0.345 e. The molecule has 9 nitrogen and oxygen atoms in total. The molecule has 2 aromatic rings. The van der Waals surface area contributed by atoms with Crippen molar-refractivity contribution in [3.8, 4) is 11.5 Å². The predicted molar refractivity (Wildman–Crippen MR) is 97.3 cm³/mol. The molecule has 0 aromatic heterocycles. The number of nitro groups is 1. The second-order valence-corrected chi connectivity index (χ2v) is 6.19. The van der Waals surface area contributed by atoms with E-state index in [0.29, 0.717) is 5.56 Å². The highest BCUT2D eigenvalue weighted by molar-refractivity contribution is 5.96. The molecule has 29 heavy (non-hydrogen) atoms. The van der Waals surface area contributed by atoms with Crippen LogP contribution in [0.5, 0.6) is 11.5 Å². The summed E-state index contributed by atoms with van der Waals surface area (Å²) in [5.74, 6) is -1.72. The average Bonchev–Trinajstić information content (AvgIpc) is 2.71. The van der Waals surface area contributed by atoms with Gasteiger partial charge in [0.05, 0.1) is 17.0 Å². The topological polar surface area (TPSA) is 117 Å². The van der Waals surface area contributed by atoms with Crippen LogP contribution in [0.15, 0.2) is 36.4 Å². The minimum Gasteiger partial charge on any atom is -0.486 e. The highest BCUT2D eigenvalue weighted by atomic mass is 19.1. The minimum atomic E-state index is -1.04. The van der Waals surface area contributed by atoms with Gasteiger partial charge in [-0.2, -0.15) is 0 Å². The van der Waals surface area contributed by atoms with Gasteiger partial charge in [0.1, 0.15) is 24.6 Å². The molecule has 0 spiro atoms. The first-order chi connectivity index (χ1) is 13.8. The molecular formula is C19H17FN2O7. The summed E-state index contributed by atoms with van der Waals surface area (Å²) in [6, 6.07) is 7.36. The molecule has 0 unspecified atom stereocenters. The van der Waals surface area contributed by atoms with Crippen LogP contribution >= 0.6 is 0 Å². The number of nitrogens with zero attached hydrogens (tertiary/aromatic N) is 1. The molecule has 1 atom stereocenters. The van der Waals surface area contributed by atoms with Gasteiger partial charge < -0.3 is 19.5 Å². The Hall–Kier alpha value is -3.69. The fourth-order valence-electron chi connectivity index (χ4n) is 2.72. The molecule has 1 aliphatic rings. The lowest BCUT2D eigenvalue weighted by atomic mass is 10.1. The van der Waals surface area contributed by atoms with Crippen molar-refractivity contribution >= 4 is 17.6 Å². The van der Waals surface area contributed by atoms with Crippen LogP contribution in [-0.4, -0.2) is 36.6 Å². The Kier molecular flexibility index (Phi) is 5.91. The second kappa shape index (κ2) is 8.55. The van der Waals surface area contributed by atoms with E-state index in [1.807, 2.05) is 0 Å². The molecule has 152 valence electrons. The number of rotatable bonds is 6. The van der Waals surface area contributed by atoms with Crippen molar-refractivity contribution in [2.24, 2.45) is 0 Å². The quantitative estimate of drug-likeness (QED) is 0.447. The van der Waals surface area contributed by atoms with Gasteiger partial charge in [-0.05, 0) is 24.6 Å². The molecular weight excluding hydrogens is 387 g/mol. The second-order valence-electron chi connectivity index (χ2n) is 6.19. The standard InChI is InChI=1S/C19H17FN2O7/c1-11(12-2-4-13(20)5-3-12)21-18(23)10-29-19(24)14-8-16-17(28-7-6-27-16)9-15(14)22(25)26/h2-5,8-9,11H,6-7,10H2,1H3,(H,21,23)/t11-/m1/s1. The van der Waals surface area contributed by atoms with Crippen LogP contribution in [0, 0.1) is 15.9 Å². The summed E-state index contributed by atoms with van der Waals surface area (Å²) in [5.41, 5.74) is -0.202. The van der Waals surface area contributed by atoms with Gasteiger partial charge in [-0.1, -0.05) is 12.1 Å². The molecule has 1 N–H and O–H groups in total. The number of carbonyl (C=O) groups excluding carboxylic acids is 2. The van der Waals surface area contributed by atoms with Crippen molar-refractivity contribution < 1.29 is 33.1 Å². The number of ether oxygens (including phenoxy) is 3. The fraction of sp³-hybridized carbons (Fsp3) is 0.263. The van der Waals surface area contributed by atoms with E-state index in [2.05, 4.69) is 5.32 Å². The maximum atomic E-state index is 13.0. The smallest absolute Gasteiger partial charge is 0.345 e. The van der Waals surface area contributed by atoms with E-state index in [1.165, 1.54) is 24.3 Å². The molecule has 0 saturated carbocycles. The zero-order valence-electron chi connectivity index (χ0n) is 15.3. The molecule has 0 aliphatic carbocycles. The van der Waals surface area contributed by atoms with Gasteiger partial charge in [-0.25, -0.2) is 9.18 Å². The predicted octanol–water partition coefficient (Wildman–Crippen LogP) is 2.54. The monoisotopic (exact) mass is 404 g/mol. The third-order valence-corrected chi connectivity index (χ3v) is 4.16. The number of hydrogen-bond acceptors (Lipinski definition) is 7. The lowest BCUT2D eigenvalue weighted by Crippen LogP contribution is -2.31. The summed E-state index contributed by atoms with van der Waals surface area (Å²) < 4.78 is 28.5. The largest absolute Gasteiger partial charge is 0.486 e. The van der Waals surface area contributed by atoms with E-state index >= 15 is 0 Å². The van der Waals surface area contributed by atoms with Gasteiger partial charge in [0.2, 0.25) is 0 Å². The summed E-state index contributed by atoms with van der Waals surface area (Å²) >= 11 is 0. The Morgan fingerprint density at radius 3 is 2.45 bits per heavy atom. The lowest BCUT2D eigenvalue weighted by Gasteiger charge is -2.18. The molecule has 1 amide bonds. The van der Waals surface area contributed by atoms with Crippen molar-refractivity contribution in [2.75, 3.05) is 19.8 Å². The first kappa shape index (κ1) is 20.1. The highest BCUT2D eigenvalue weighted by Crippen LogP contribution is 2.36. The molecule has 1 heterocycles. The SMILES string of the molecule is C[C@@H](NC(=O)COC(=O)c1cc2c(cc1[N+](=O)[O-])OCCO2)c1ccc(F)cc1. The molecule has 0 bridgehead atoms. The van der Waals surface area contributed by atoms with Gasteiger partial charge in [0, 0.05) is 6.07 Å². The van der Waals surface area contributed by atoms with Crippen molar-refractivity contribution in [1.29, 1.82) is 0 Å². The number of hydrogen-bond donors (Lipinski definition) is 1. The molecule has 1 aliphatic heterocycles. The summed E-state index contributed by atoms with van der Waals surface area (Å²) in [5, 5.41) is 13.9. The number of nitro benzene ring substituents is 1. The van der Waals surface area contributed by atoms with Crippen LogP contribution in [0.1, 0.15) is 28.9 Å². The Morgan fingerprint density at radius 2 is 1.83 bits per heavy atom. The summed E-state index contributed by atoms with van der Waals surface area (Å²) in [6.45, 7) is 1.51. The minimum absolute atomic E-state index is 0.158. The number of halogens is 1. The van der Waals surface area contributed by atoms with Gasteiger partial charge in [0.15, 0.2) is 18.1 Å². The number of esters is 1. The number of nitrogens with one attached hydrogen (secondary N) is 1. The van der Waals surface area contributed by atoms with Crippen LogP contribution in [0.25, 0.3) is 0 Å². The van der Waals surface area contributed by atoms with Crippen molar-refractivity contribution in [3.05, 3.63) is 63.5 Å². The maximum absolute atomic E-state index is 13.0. The van der Waals surface area contributed by atoms with E-state index in [9.17, 15) is 24.1 Å². The fourth-order valence-corrected chi connectivity index (χ4v) is 2.72. The van der Waals surface area contributed by atoms with Crippen molar-refractivity contribution in [1.82, 2.24) is 5.32 Å². The van der Waals surface area contributed by atoms with Crippen LogP contribution in [0.4, 0.5) is 10.1 Å².